The summed E-state index contributed by atoms with van der Waals surface area (Å²) in [5.41, 5.74) is 7.82. The van der Waals surface area contributed by atoms with Gasteiger partial charge in [0.1, 0.15) is 16.3 Å². The summed E-state index contributed by atoms with van der Waals surface area (Å²) in [6.45, 7) is 4.76. The molecule has 0 bridgehead atoms. The fourth-order valence-electron chi connectivity index (χ4n) is 2.88. The largest absolute Gasteiger partial charge is 0.454 e. The van der Waals surface area contributed by atoms with E-state index in [9.17, 15) is 0 Å². The molecule has 1 saturated heterocycles. The van der Waals surface area contributed by atoms with E-state index in [1.165, 1.54) is 0 Å². The molecule has 2 N–H and O–H groups in total. The second-order valence-electron chi connectivity index (χ2n) is 6.08. The van der Waals surface area contributed by atoms with Gasteiger partial charge in [0.15, 0.2) is 11.7 Å². The van der Waals surface area contributed by atoms with Gasteiger partial charge in [0.2, 0.25) is 0 Å². The quantitative estimate of drug-likeness (QED) is 0.576. The molecule has 1 aromatic carbocycles. The first-order valence-electron chi connectivity index (χ1n) is 8.29. The van der Waals surface area contributed by atoms with Crippen LogP contribution in [0, 0.1) is 0 Å². The molecule has 1 unspecified atom stereocenters. The Balaban J connectivity index is 1.46. The lowest BCUT2D eigenvalue weighted by atomic mass is 10.2. The molecule has 0 saturated carbocycles. The Morgan fingerprint density at radius 2 is 2.32 bits per heavy atom. The number of para-hydroxylation sites is 1. The maximum Gasteiger partial charge on any atom is 0.191 e. The lowest BCUT2D eigenvalue weighted by Gasteiger charge is -2.31. The summed E-state index contributed by atoms with van der Waals surface area (Å²) >= 11 is 1.57. The molecule has 3 heterocycles. The number of fused-ring (bicyclic) bond motifs is 1. The van der Waals surface area contributed by atoms with E-state index in [-0.39, 0.29) is 6.10 Å². The Labute approximate surface area is 149 Å². The van der Waals surface area contributed by atoms with Crippen LogP contribution < -0.4 is 5.73 Å². The van der Waals surface area contributed by atoms with Gasteiger partial charge in [-0.2, -0.15) is 0 Å². The van der Waals surface area contributed by atoms with E-state index in [0.29, 0.717) is 19.1 Å². The van der Waals surface area contributed by atoms with Crippen molar-refractivity contribution in [1.29, 1.82) is 0 Å². The van der Waals surface area contributed by atoms with Crippen molar-refractivity contribution in [3.63, 3.8) is 0 Å². The minimum absolute atomic E-state index is 0.182. The number of aliphatic imine (C=N–C) groups is 1. The van der Waals surface area contributed by atoms with Gasteiger partial charge in [-0.05, 0) is 19.1 Å². The van der Waals surface area contributed by atoms with E-state index in [1.54, 1.807) is 11.3 Å². The van der Waals surface area contributed by atoms with Gasteiger partial charge < -0.3 is 19.8 Å². The normalized spacial score (nSPS) is 18.8. The van der Waals surface area contributed by atoms with Gasteiger partial charge in [0.05, 0.1) is 19.3 Å². The number of thiazole rings is 1. The molecule has 1 aliphatic heterocycles. The molecule has 0 radical (unpaired) electrons. The predicted octanol–water partition coefficient (Wildman–Crippen LogP) is 3.09. The van der Waals surface area contributed by atoms with E-state index in [2.05, 4.69) is 14.9 Å². The molecule has 7 heteroatoms. The number of morpholine rings is 1. The SMILES string of the molecule is CC1CN(C(N)=NCc2nc(-c3cc4ccccc4o3)cs2)CCO1. The molecule has 25 heavy (non-hydrogen) atoms. The number of hydrogen-bond donors (Lipinski definition) is 1. The monoisotopic (exact) mass is 356 g/mol. The molecule has 6 nitrogen and oxygen atoms in total. The number of nitrogens with zero attached hydrogens (tertiary/aromatic N) is 3. The number of guanidine groups is 1. The average molecular weight is 356 g/mol. The van der Waals surface area contributed by atoms with Crippen LogP contribution in [0.15, 0.2) is 45.1 Å². The van der Waals surface area contributed by atoms with Crippen molar-refractivity contribution in [3.05, 3.63) is 40.7 Å². The minimum Gasteiger partial charge on any atom is -0.454 e. The van der Waals surface area contributed by atoms with Crippen molar-refractivity contribution >= 4 is 28.3 Å². The smallest absolute Gasteiger partial charge is 0.191 e. The zero-order valence-electron chi connectivity index (χ0n) is 14.0. The molecule has 0 aliphatic carbocycles. The maximum atomic E-state index is 6.11. The van der Waals surface area contributed by atoms with Gasteiger partial charge in [0.25, 0.3) is 0 Å². The molecule has 4 rings (SSSR count). The van der Waals surface area contributed by atoms with E-state index >= 15 is 0 Å². The van der Waals surface area contributed by atoms with Crippen LogP contribution in [0.3, 0.4) is 0 Å². The summed E-state index contributed by atoms with van der Waals surface area (Å²) in [5, 5.41) is 3.99. The van der Waals surface area contributed by atoms with E-state index in [0.717, 1.165) is 40.5 Å². The van der Waals surface area contributed by atoms with Crippen molar-refractivity contribution in [2.75, 3.05) is 19.7 Å². The standard InChI is InChI=1S/C18H20N4O2S/c1-12-10-22(6-7-23-12)18(19)20-9-17-21-14(11-25-17)16-8-13-4-2-3-5-15(13)24-16/h2-5,8,11-12H,6-7,9-10H2,1H3,(H2,19,20). The third-order valence-corrected chi connectivity index (χ3v) is 5.00. The number of hydrogen-bond acceptors (Lipinski definition) is 5. The summed E-state index contributed by atoms with van der Waals surface area (Å²) in [6.07, 6.45) is 0.182. The van der Waals surface area contributed by atoms with Crippen LogP contribution in [0.4, 0.5) is 0 Å². The fraction of sp³-hybridized carbons (Fsp3) is 0.333. The second kappa shape index (κ2) is 6.85. The predicted molar refractivity (Wildman–Crippen MR) is 99.6 cm³/mol. The molecule has 1 fully saturated rings. The number of furan rings is 1. The molecule has 1 atom stereocenters. The second-order valence-corrected chi connectivity index (χ2v) is 7.02. The van der Waals surface area contributed by atoms with Crippen molar-refractivity contribution in [2.45, 2.75) is 19.6 Å². The summed E-state index contributed by atoms with van der Waals surface area (Å²) in [5.74, 6) is 1.33. The Morgan fingerprint density at radius 3 is 3.16 bits per heavy atom. The van der Waals surface area contributed by atoms with Crippen LogP contribution >= 0.6 is 11.3 Å². The van der Waals surface area contributed by atoms with Gasteiger partial charge in [-0.1, -0.05) is 18.2 Å². The minimum atomic E-state index is 0.182. The zero-order chi connectivity index (χ0) is 17.2. The average Bonchev–Trinajstić information content (AvgIpc) is 3.26. The summed E-state index contributed by atoms with van der Waals surface area (Å²) in [7, 11) is 0. The topological polar surface area (TPSA) is 76.9 Å². The zero-order valence-corrected chi connectivity index (χ0v) is 14.8. The molecule has 2 aromatic heterocycles. The highest BCUT2D eigenvalue weighted by Gasteiger charge is 2.18. The summed E-state index contributed by atoms with van der Waals surface area (Å²) in [6, 6.07) is 9.97. The molecule has 0 spiro atoms. The van der Waals surface area contributed by atoms with Gasteiger partial charge in [-0.3, -0.25) is 0 Å². The highest BCUT2D eigenvalue weighted by atomic mass is 32.1. The van der Waals surface area contributed by atoms with Crippen LogP contribution in [0.5, 0.6) is 0 Å². The molecule has 1 aliphatic rings. The first kappa shape index (κ1) is 16.1. The first-order chi connectivity index (χ1) is 12.2. The lowest BCUT2D eigenvalue weighted by Crippen LogP contribution is -2.47. The van der Waals surface area contributed by atoms with Crippen LogP contribution in [-0.4, -0.2) is 41.6 Å². The van der Waals surface area contributed by atoms with Crippen molar-refractivity contribution < 1.29 is 9.15 Å². The molecule has 3 aromatic rings. The van der Waals surface area contributed by atoms with Crippen LogP contribution in [-0.2, 0) is 11.3 Å². The third-order valence-electron chi connectivity index (χ3n) is 4.17. The van der Waals surface area contributed by atoms with E-state index in [4.69, 9.17) is 14.9 Å². The van der Waals surface area contributed by atoms with E-state index in [1.807, 2.05) is 42.6 Å². The van der Waals surface area contributed by atoms with Gasteiger partial charge in [0, 0.05) is 23.9 Å². The van der Waals surface area contributed by atoms with Gasteiger partial charge in [-0.25, -0.2) is 9.98 Å². The van der Waals surface area contributed by atoms with Crippen molar-refractivity contribution in [1.82, 2.24) is 9.88 Å². The molecular weight excluding hydrogens is 336 g/mol. The third kappa shape index (κ3) is 3.52. The Bertz CT molecular complexity index is 868. The Morgan fingerprint density at radius 1 is 1.44 bits per heavy atom. The number of nitrogens with two attached hydrogens (primary N) is 1. The van der Waals surface area contributed by atoms with Crippen LogP contribution in [0.25, 0.3) is 22.4 Å². The fourth-order valence-corrected chi connectivity index (χ4v) is 3.59. The van der Waals surface area contributed by atoms with Gasteiger partial charge >= 0.3 is 0 Å². The first-order valence-corrected chi connectivity index (χ1v) is 9.17. The Hall–Kier alpha value is -2.38. The number of aromatic nitrogens is 1. The lowest BCUT2D eigenvalue weighted by molar-refractivity contribution is 0.00529. The Kier molecular flexibility index (Phi) is 4.42. The molecular formula is C18H20N4O2S. The summed E-state index contributed by atoms with van der Waals surface area (Å²) in [4.78, 5) is 11.2. The van der Waals surface area contributed by atoms with E-state index < -0.39 is 0 Å². The van der Waals surface area contributed by atoms with Crippen molar-refractivity contribution in [3.8, 4) is 11.5 Å². The van der Waals surface area contributed by atoms with Crippen LogP contribution in [0.1, 0.15) is 11.9 Å². The van der Waals surface area contributed by atoms with Gasteiger partial charge in [-0.15, -0.1) is 11.3 Å². The van der Waals surface area contributed by atoms with Crippen molar-refractivity contribution in [2.24, 2.45) is 10.7 Å². The number of benzene rings is 1. The van der Waals surface area contributed by atoms with Crippen LogP contribution in [0.2, 0.25) is 0 Å². The number of rotatable bonds is 3. The highest BCUT2D eigenvalue weighted by Crippen LogP contribution is 2.28. The maximum absolute atomic E-state index is 6.11. The molecule has 130 valence electrons. The molecule has 0 amide bonds. The number of ether oxygens (including phenoxy) is 1. The summed E-state index contributed by atoms with van der Waals surface area (Å²) < 4.78 is 11.4. The highest BCUT2D eigenvalue weighted by molar-refractivity contribution is 7.09.